The van der Waals surface area contributed by atoms with Crippen LogP contribution >= 0.6 is 15.9 Å². The lowest BCUT2D eigenvalue weighted by Crippen LogP contribution is -2.30. The zero-order valence-electron chi connectivity index (χ0n) is 9.76. The molecule has 1 unspecified atom stereocenters. The number of allylic oxidation sites excluding steroid dienone is 1. The van der Waals surface area contributed by atoms with Gasteiger partial charge in [0.05, 0.1) is 8.07 Å². The van der Waals surface area contributed by atoms with Crippen LogP contribution in [0.25, 0.3) is 6.08 Å². The SMILES string of the molecule is CC1=Cc2c(Br)cccc2C1[Si](C)(C)C. The Morgan fingerprint density at radius 3 is 2.47 bits per heavy atom. The van der Waals surface area contributed by atoms with E-state index >= 15 is 0 Å². The Morgan fingerprint density at radius 1 is 1.20 bits per heavy atom. The van der Waals surface area contributed by atoms with E-state index in [9.17, 15) is 0 Å². The van der Waals surface area contributed by atoms with Crippen molar-refractivity contribution < 1.29 is 0 Å². The highest BCUT2D eigenvalue weighted by atomic mass is 79.9. The van der Waals surface area contributed by atoms with Crippen molar-refractivity contribution in [3.63, 3.8) is 0 Å². The molecule has 0 aromatic heterocycles. The summed E-state index contributed by atoms with van der Waals surface area (Å²) in [4.78, 5) is 0. The highest BCUT2D eigenvalue weighted by Gasteiger charge is 2.34. The van der Waals surface area contributed by atoms with Gasteiger partial charge in [0.25, 0.3) is 0 Å². The van der Waals surface area contributed by atoms with Crippen molar-refractivity contribution in [1.82, 2.24) is 0 Å². The number of halogens is 1. The Bertz CT molecular complexity index is 427. The van der Waals surface area contributed by atoms with Crippen LogP contribution in [0.4, 0.5) is 0 Å². The fourth-order valence-corrected chi connectivity index (χ4v) is 5.79. The molecular weight excluding hydrogens is 264 g/mol. The summed E-state index contributed by atoms with van der Waals surface area (Å²) in [6.07, 6.45) is 2.35. The van der Waals surface area contributed by atoms with E-state index in [2.05, 4.69) is 66.8 Å². The normalized spacial score (nSPS) is 20.1. The number of rotatable bonds is 1. The molecule has 1 aromatic carbocycles. The largest absolute Gasteiger partial charge is 0.0688 e. The first-order valence-corrected chi connectivity index (χ1v) is 9.75. The summed E-state index contributed by atoms with van der Waals surface area (Å²) in [5, 5.41) is 0. The molecule has 1 aliphatic carbocycles. The average Bonchev–Trinajstić information content (AvgIpc) is 2.41. The highest BCUT2D eigenvalue weighted by Crippen LogP contribution is 2.44. The maximum Gasteiger partial charge on any atom is 0.0569 e. The van der Waals surface area contributed by atoms with Gasteiger partial charge in [-0.15, -0.1) is 0 Å². The predicted molar refractivity (Wildman–Crippen MR) is 73.9 cm³/mol. The molecule has 0 nitrogen and oxygen atoms in total. The minimum atomic E-state index is -1.15. The van der Waals surface area contributed by atoms with Gasteiger partial charge in [-0.1, -0.05) is 59.4 Å². The lowest BCUT2D eigenvalue weighted by molar-refractivity contribution is 1.07. The van der Waals surface area contributed by atoms with Crippen LogP contribution in [0.2, 0.25) is 19.6 Å². The van der Waals surface area contributed by atoms with Crippen LogP contribution in [0, 0.1) is 0 Å². The van der Waals surface area contributed by atoms with E-state index in [1.165, 1.54) is 21.2 Å². The third-order valence-electron chi connectivity index (χ3n) is 3.09. The summed E-state index contributed by atoms with van der Waals surface area (Å²) < 4.78 is 1.24. The van der Waals surface area contributed by atoms with Gasteiger partial charge in [0.2, 0.25) is 0 Å². The van der Waals surface area contributed by atoms with Crippen molar-refractivity contribution in [2.75, 3.05) is 0 Å². The fraction of sp³-hybridized carbons (Fsp3) is 0.385. The maximum atomic E-state index is 3.64. The molecule has 0 radical (unpaired) electrons. The smallest absolute Gasteiger partial charge is 0.0569 e. The monoisotopic (exact) mass is 280 g/mol. The maximum absolute atomic E-state index is 3.64. The first kappa shape index (κ1) is 11.2. The Kier molecular flexibility index (Phi) is 2.68. The molecule has 0 saturated carbocycles. The fourth-order valence-electron chi connectivity index (χ4n) is 2.66. The molecule has 0 bridgehead atoms. The van der Waals surface area contributed by atoms with E-state index in [4.69, 9.17) is 0 Å². The molecule has 1 aromatic rings. The Labute approximate surface area is 102 Å². The van der Waals surface area contributed by atoms with E-state index in [-0.39, 0.29) is 0 Å². The van der Waals surface area contributed by atoms with Gasteiger partial charge < -0.3 is 0 Å². The summed E-state index contributed by atoms with van der Waals surface area (Å²) >= 11 is 3.64. The van der Waals surface area contributed by atoms with Gasteiger partial charge in [-0.2, -0.15) is 0 Å². The molecule has 1 atom stereocenters. The number of hydrogen-bond donors (Lipinski definition) is 0. The van der Waals surface area contributed by atoms with Crippen LogP contribution in [0.5, 0.6) is 0 Å². The second kappa shape index (κ2) is 3.60. The van der Waals surface area contributed by atoms with Crippen LogP contribution < -0.4 is 0 Å². The Hall–Kier alpha value is -0.343. The van der Waals surface area contributed by atoms with Crippen LogP contribution in [-0.4, -0.2) is 8.07 Å². The summed E-state index contributed by atoms with van der Waals surface area (Å²) in [5.74, 6) is 0. The summed E-state index contributed by atoms with van der Waals surface area (Å²) in [6, 6.07) is 6.58. The molecule has 0 amide bonds. The molecule has 2 heteroatoms. The van der Waals surface area contributed by atoms with Crippen molar-refractivity contribution in [1.29, 1.82) is 0 Å². The molecule has 0 spiro atoms. The van der Waals surface area contributed by atoms with E-state index in [1.54, 1.807) is 0 Å². The first-order valence-electron chi connectivity index (χ1n) is 5.38. The molecule has 0 heterocycles. The molecule has 15 heavy (non-hydrogen) atoms. The number of fused-ring (bicyclic) bond motifs is 1. The topological polar surface area (TPSA) is 0 Å². The third kappa shape index (κ3) is 1.85. The van der Waals surface area contributed by atoms with E-state index in [1.807, 2.05) is 0 Å². The minimum absolute atomic E-state index is 0.699. The van der Waals surface area contributed by atoms with Gasteiger partial charge in [-0.25, -0.2) is 0 Å². The van der Waals surface area contributed by atoms with Crippen LogP contribution in [0.3, 0.4) is 0 Å². The number of hydrogen-bond acceptors (Lipinski definition) is 0. The van der Waals surface area contributed by atoms with Gasteiger partial charge in [0, 0.05) is 10.0 Å². The summed E-state index contributed by atoms with van der Waals surface area (Å²) in [6.45, 7) is 9.62. The summed E-state index contributed by atoms with van der Waals surface area (Å²) in [5.41, 5.74) is 5.17. The number of benzene rings is 1. The van der Waals surface area contributed by atoms with Gasteiger partial charge in [-0.3, -0.25) is 0 Å². The lowest BCUT2D eigenvalue weighted by Gasteiger charge is -2.27. The molecule has 1 aliphatic rings. The highest BCUT2D eigenvalue weighted by molar-refractivity contribution is 9.10. The van der Waals surface area contributed by atoms with Crippen molar-refractivity contribution >= 4 is 30.1 Å². The summed E-state index contributed by atoms with van der Waals surface area (Å²) in [7, 11) is -1.15. The van der Waals surface area contributed by atoms with Gasteiger partial charge in [0.1, 0.15) is 0 Å². The second-order valence-corrected chi connectivity index (χ2v) is 11.6. The molecule has 80 valence electrons. The zero-order chi connectivity index (χ0) is 11.2. The predicted octanol–water partition coefficient (Wildman–Crippen LogP) is 4.83. The molecule has 0 saturated heterocycles. The van der Waals surface area contributed by atoms with Crippen molar-refractivity contribution in [3.8, 4) is 0 Å². The van der Waals surface area contributed by atoms with Crippen molar-refractivity contribution in [2.24, 2.45) is 0 Å². The van der Waals surface area contributed by atoms with E-state index < -0.39 is 8.07 Å². The zero-order valence-corrected chi connectivity index (χ0v) is 12.4. The van der Waals surface area contributed by atoms with Crippen LogP contribution in [0.1, 0.15) is 23.6 Å². The first-order chi connectivity index (χ1) is 6.91. The average molecular weight is 281 g/mol. The standard InChI is InChI=1S/C13H17BrSi/c1-9-8-11-10(6-5-7-12(11)14)13(9)15(2,3)4/h5-8,13H,1-4H3. The molecular formula is C13H17BrSi. The second-order valence-electron chi connectivity index (χ2n) is 5.43. The van der Waals surface area contributed by atoms with E-state index in [0.29, 0.717) is 5.54 Å². The van der Waals surface area contributed by atoms with Gasteiger partial charge in [-0.05, 0) is 24.1 Å². The van der Waals surface area contributed by atoms with Gasteiger partial charge >= 0.3 is 0 Å². The lowest BCUT2D eigenvalue weighted by atomic mass is 10.1. The quantitative estimate of drug-likeness (QED) is 0.647. The molecule has 0 aliphatic heterocycles. The Morgan fingerprint density at radius 2 is 1.87 bits per heavy atom. The minimum Gasteiger partial charge on any atom is -0.0688 e. The third-order valence-corrected chi connectivity index (χ3v) is 6.28. The molecule has 2 rings (SSSR count). The van der Waals surface area contributed by atoms with E-state index in [0.717, 1.165) is 0 Å². The van der Waals surface area contributed by atoms with Crippen molar-refractivity contribution in [2.45, 2.75) is 32.1 Å². The van der Waals surface area contributed by atoms with Crippen LogP contribution in [0.15, 0.2) is 28.2 Å². The van der Waals surface area contributed by atoms with Crippen molar-refractivity contribution in [3.05, 3.63) is 39.4 Å². The van der Waals surface area contributed by atoms with Gasteiger partial charge in [0.15, 0.2) is 0 Å². The Balaban J connectivity index is 2.59. The molecule has 0 fully saturated rings. The molecule has 0 N–H and O–H groups in total. The van der Waals surface area contributed by atoms with Crippen LogP contribution in [-0.2, 0) is 0 Å².